The average Bonchev–Trinajstić information content (AvgIpc) is 2.63. The fourth-order valence-electron chi connectivity index (χ4n) is 2.89. The van der Waals surface area contributed by atoms with Gasteiger partial charge in [0.25, 0.3) is 5.91 Å². The number of hydrogen-bond donors (Lipinski definition) is 1. The van der Waals surface area contributed by atoms with Crippen molar-refractivity contribution >= 4 is 5.91 Å². The minimum Gasteiger partial charge on any atom is -0.493 e. The molecule has 26 heavy (non-hydrogen) atoms. The van der Waals surface area contributed by atoms with E-state index in [1.165, 1.54) is 0 Å². The standard InChI is InChI=1S/C21H27NO4/c1-6-18(16-7-8-19(24-4)20(12-16)25-5)22-21(23)13-26-17-10-14(2)9-15(3)11-17/h7-12,18H,6,13H2,1-5H3,(H,22,23). The van der Waals surface area contributed by atoms with E-state index in [1.54, 1.807) is 14.2 Å². The predicted octanol–water partition coefficient (Wildman–Crippen LogP) is 3.97. The number of amides is 1. The molecular weight excluding hydrogens is 330 g/mol. The molecule has 0 bridgehead atoms. The molecule has 0 aliphatic carbocycles. The van der Waals surface area contributed by atoms with Gasteiger partial charge in [0.15, 0.2) is 18.1 Å². The van der Waals surface area contributed by atoms with Crippen LogP contribution >= 0.6 is 0 Å². The van der Waals surface area contributed by atoms with Crippen molar-refractivity contribution in [1.29, 1.82) is 0 Å². The highest BCUT2D eigenvalue weighted by Gasteiger charge is 2.15. The van der Waals surface area contributed by atoms with E-state index < -0.39 is 0 Å². The van der Waals surface area contributed by atoms with Crippen LogP contribution in [0.3, 0.4) is 0 Å². The van der Waals surface area contributed by atoms with Crippen LogP contribution in [0.25, 0.3) is 0 Å². The molecule has 1 unspecified atom stereocenters. The largest absolute Gasteiger partial charge is 0.493 e. The van der Waals surface area contributed by atoms with E-state index in [1.807, 2.05) is 51.1 Å². The lowest BCUT2D eigenvalue weighted by molar-refractivity contribution is -0.123. The second-order valence-electron chi connectivity index (χ2n) is 6.25. The van der Waals surface area contributed by atoms with E-state index in [0.717, 1.165) is 23.1 Å². The van der Waals surface area contributed by atoms with Crippen LogP contribution in [-0.2, 0) is 4.79 Å². The average molecular weight is 357 g/mol. The zero-order chi connectivity index (χ0) is 19.1. The van der Waals surface area contributed by atoms with E-state index in [-0.39, 0.29) is 18.6 Å². The number of hydrogen-bond acceptors (Lipinski definition) is 4. The summed E-state index contributed by atoms with van der Waals surface area (Å²) in [5.74, 6) is 1.85. The van der Waals surface area contributed by atoms with Gasteiger partial charge in [-0.3, -0.25) is 4.79 Å². The minimum atomic E-state index is -0.161. The summed E-state index contributed by atoms with van der Waals surface area (Å²) in [6.07, 6.45) is 0.755. The van der Waals surface area contributed by atoms with Crippen molar-refractivity contribution in [3.8, 4) is 17.2 Å². The van der Waals surface area contributed by atoms with Gasteiger partial charge < -0.3 is 19.5 Å². The Kier molecular flexibility index (Phi) is 6.89. The molecule has 1 atom stereocenters. The summed E-state index contributed by atoms with van der Waals surface area (Å²) < 4.78 is 16.2. The third-order valence-electron chi connectivity index (χ3n) is 4.12. The summed E-state index contributed by atoms with van der Waals surface area (Å²) in [6, 6.07) is 11.5. The van der Waals surface area contributed by atoms with Crippen molar-refractivity contribution in [1.82, 2.24) is 5.32 Å². The van der Waals surface area contributed by atoms with Crippen LogP contribution in [-0.4, -0.2) is 26.7 Å². The van der Waals surface area contributed by atoms with Gasteiger partial charge in [0, 0.05) is 0 Å². The summed E-state index contributed by atoms with van der Waals surface area (Å²) in [7, 11) is 3.19. The number of methoxy groups -OCH3 is 2. The molecule has 0 saturated carbocycles. The normalized spacial score (nSPS) is 11.6. The SMILES string of the molecule is CCC(NC(=O)COc1cc(C)cc(C)c1)c1ccc(OC)c(OC)c1. The second-order valence-corrected chi connectivity index (χ2v) is 6.25. The molecule has 1 N–H and O–H groups in total. The van der Waals surface area contributed by atoms with Gasteiger partial charge in [0.05, 0.1) is 20.3 Å². The molecule has 0 aliphatic heterocycles. The van der Waals surface area contributed by atoms with Crippen LogP contribution in [0.2, 0.25) is 0 Å². The number of aryl methyl sites for hydroxylation is 2. The van der Waals surface area contributed by atoms with Crippen molar-refractivity contribution in [2.75, 3.05) is 20.8 Å². The number of ether oxygens (including phenoxy) is 3. The Labute approximate surface area is 155 Å². The monoisotopic (exact) mass is 357 g/mol. The molecule has 0 aromatic heterocycles. The summed E-state index contributed by atoms with van der Waals surface area (Å²) in [5, 5.41) is 3.01. The highest BCUT2D eigenvalue weighted by atomic mass is 16.5. The molecule has 0 radical (unpaired) electrons. The van der Waals surface area contributed by atoms with Crippen LogP contribution < -0.4 is 19.5 Å². The van der Waals surface area contributed by atoms with Crippen molar-refractivity contribution in [3.05, 3.63) is 53.1 Å². The zero-order valence-corrected chi connectivity index (χ0v) is 16.1. The highest BCUT2D eigenvalue weighted by Crippen LogP contribution is 2.30. The van der Waals surface area contributed by atoms with Crippen LogP contribution in [0.4, 0.5) is 0 Å². The molecule has 2 rings (SSSR count). The van der Waals surface area contributed by atoms with Crippen LogP contribution in [0, 0.1) is 13.8 Å². The van der Waals surface area contributed by atoms with E-state index in [4.69, 9.17) is 14.2 Å². The lowest BCUT2D eigenvalue weighted by Crippen LogP contribution is -2.32. The van der Waals surface area contributed by atoms with E-state index in [0.29, 0.717) is 17.2 Å². The van der Waals surface area contributed by atoms with E-state index in [9.17, 15) is 4.79 Å². The van der Waals surface area contributed by atoms with E-state index in [2.05, 4.69) is 11.4 Å². The molecule has 2 aromatic carbocycles. The maximum absolute atomic E-state index is 12.3. The van der Waals surface area contributed by atoms with Crippen molar-refractivity contribution in [2.45, 2.75) is 33.2 Å². The van der Waals surface area contributed by atoms with Crippen LogP contribution in [0.15, 0.2) is 36.4 Å². The fourth-order valence-corrected chi connectivity index (χ4v) is 2.89. The van der Waals surface area contributed by atoms with Gasteiger partial charge in [-0.2, -0.15) is 0 Å². The predicted molar refractivity (Wildman–Crippen MR) is 102 cm³/mol. The van der Waals surface area contributed by atoms with Crippen molar-refractivity contribution in [2.24, 2.45) is 0 Å². The minimum absolute atomic E-state index is 0.0211. The second kappa shape index (κ2) is 9.13. The summed E-state index contributed by atoms with van der Waals surface area (Å²) in [5.41, 5.74) is 3.18. The molecule has 5 nitrogen and oxygen atoms in total. The van der Waals surface area contributed by atoms with Gasteiger partial charge in [-0.15, -0.1) is 0 Å². The highest BCUT2D eigenvalue weighted by molar-refractivity contribution is 5.78. The molecule has 2 aromatic rings. The molecule has 140 valence electrons. The zero-order valence-electron chi connectivity index (χ0n) is 16.1. The van der Waals surface area contributed by atoms with Crippen molar-refractivity contribution < 1.29 is 19.0 Å². The Morgan fingerprint density at radius 3 is 2.23 bits per heavy atom. The van der Waals surface area contributed by atoms with Gasteiger partial charge in [-0.1, -0.05) is 19.1 Å². The third-order valence-corrected chi connectivity index (χ3v) is 4.12. The van der Waals surface area contributed by atoms with E-state index >= 15 is 0 Å². The molecule has 0 spiro atoms. The number of rotatable bonds is 8. The van der Waals surface area contributed by atoms with Gasteiger partial charge >= 0.3 is 0 Å². The van der Waals surface area contributed by atoms with Crippen molar-refractivity contribution in [3.63, 3.8) is 0 Å². The quantitative estimate of drug-likeness (QED) is 0.777. The topological polar surface area (TPSA) is 56.8 Å². The number of carbonyl (C=O) groups is 1. The number of carbonyl (C=O) groups excluding carboxylic acids is 1. The Morgan fingerprint density at radius 1 is 1.00 bits per heavy atom. The van der Waals surface area contributed by atoms with Gasteiger partial charge in [0.1, 0.15) is 5.75 Å². The Balaban J connectivity index is 2.01. The smallest absolute Gasteiger partial charge is 0.258 e. The lowest BCUT2D eigenvalue weighted by atomic mass is 10.0. The molecule has 0 saturated heterocycles. The Hall–Kier alpha value is -2.69. The fraction of sp³-hybridized carbons (Fsp3) is 0.381. The molecule has 0 fully saturated rings. The third kappa shape index (κ3) is 5.15. The van der Waals surface area contributed by atoms with Gasteiger partial charge in [0.2, 0.25) is 0 Å². The molecule has 5 heteroatoms. The number of nitrogens with one attached hydrogen (secondary N) is 1. The summed E-state index contributed by atoms with van der Waals surface area (Å²) in [4.78, 5) is 12.3. The number of benzene rings is 2. The summed E-state index contributed by atoms with van der Waals surface area (Å²) in [6.45, 7) is 6.01. The Bertz CT molecular complexity index is 737. The summed E-state index contributed by atoms with van der Waals surface area (Å²) >= 11 is 0. The van der Waals surface area contributed by atoms with Gasteiger partial charge in [-0.05, 0) is 61.2 Å². The molecule has 0 aliphatic rings. The molecule has 1 amide bonds. The lowest BCUT2D eigenvalue weighted by Gasteiger charge is -2.19. The first-order chi connectivity index (χ1) is 12.5. The first-order valence-electron chi connectivity index (χ1n) is 8.69. The Morgan fingerprint density at radius 2 is 1.65 bits per heavy atom. The maximum atomic E-state index is 12.3. The van der Waals surface area contributed by atoms with Crippen LogP contribution in [0.1, 0.15) is 36.1 Å². The first-order valence-corrected chi connectivity index (χ1v) is 8.69. The van der Waals surface area contributed by atoms with Gasteiger partial charge in [-0.25, -0.2) is 0 Å². The maximum Gasteiger partial charge on any atom is 0.258 e. The van der Waals surface area contributed by atoms with Crippen LogP contribution in [0.5, 0.6) is 17.2 Å². The first kappa shape index (κ1) is 19.6. The molecule has 0 heterocycles. The molecular formula is C21H27NO4.